The number of hydrogen-bond acceptors (Lipinski definition) is 7. The van der Waals surface area contributed by atoms with Gasteiger partial charge < -0.3 is 24.3 Å². The van der Waals surface area contributed by atoms with E-state index in [4.69, 9.17) is 18.9 Å². The van der Waals surface area contributed by atoms with Gasteiger partial charge in [0, 0.05) is 19.2 Å². The summed E-state index contributed by atoms with van der Waals surface area (Å²) in [5, 5.41) is 2.74. The SMILES string of the molecule is CCOc1ccc(N(CC(=O)N[C@H](C)COC)S(=O)(=O)c2ccc(OC)c(OC)c2)cc1. The number of methoxy groups -OCH3 is 3. The van der Waals surface area contributed by atoms with Crippen molar-refractivity contribution >= 4 is 21.6 Å². The molecule has 10 heteroatoms. The van der Waals surface area contributed by atoms with E-state index >= 15 is 0 Å². The Labute approximate surface area is 189 Å². The van der Waals surface area contributed by atoms with Crippen LogP contribution in [0.4, 0.5) is 5.69 Å². The second-order valence-corrected chi connectivity index (χ2v) is 8.74. The lowest BCUT2D eigenvalue weighted by atomic mass is 10.3. The molecule has 0 aliphatic rings. The Hall–Kier alpha value is -2.98. The van der Waals surface area contributed by atoms with Gasteiger partial charge in [-0.1, -0.05) is 0 Å². The van der Waals surface area contributed by atoms with Crippen molar-refractivity contribution in [1.82, 2.24) is 5.32 Å². The smallest absolute Gasteiger partial charge is 0.264 e. The molecule has 1 atom stereocenters. The van der Waals surface area contributed by atoms with Gasteiger partial charge in [-0.3, -0.25) is 9.10 Å². The van der Waals surface area contributed by atoms with Gasteiger partial charge in [-0.2, -0.15) is 0 Å². The van der Waals surface area contributed by atoms with E-state index in [1.807, 2.05) is 6.92 Å². The Kier molecular flexibility index (Phi) is 9.15. The van der Waals surface area contributed by atoms with Crippen LogP contribution in [0, 0.1) is 0 Å². The summed E-state index contributed by atoms with van der Waals surface area (Å²) in [6.07, 6.45) is 0. The number of sulfonamides is 1. The molecular weight excluding hydrogens is 436 g/mol. The van der Waals surface area contributed by atoms with E-state index in [1.165, 1.54) is 39.5 Å². The molecule has 176 valence electrons. The third-order valence-electron chi connectivity index (χ3n) is 4.49. The molecule has 9 nitrogen and oxygen atoms in total. The lowest BCUT2D eigenvalue weighted by Gasteiger charge is -2.25. The van der Waals surface area contributed by atoms with Crippen molar-refractivity contribution in [2.75, 3.05) is 45.4 Å². The molecule has 0 spiro atoms. The van der Waals surface area contributed by atoms with Gasteiger partial charge in [0.1, 0.15) is 12.3 Å². The van der Waals surface area contributed by atoms with Gasteiger partial charge in [-0.05, 0) is 50.2 Å². The van der Waals surface area contributed by atoms with Crippen LogP contribution in [0.2, 0.25) is 0 Å². The first-order chi connectivity index (χ1) is 15.3. The largest absolute Gasteiger partial charge is 0.494 e. The van der Waals surface area contributed by atoms with Crippen LogP contribution in [-0.2, 0) is 19.6 Å². The molecule has 0 bridgehead atoms. The van der Waals surface area contributed by atoms with Gasteiger partial charge >= 0.3 is 0 Å². The fraction of sp³-hybridized carbons (Fsp3) is 0.409. The fourth-order valence-corrected chi connectivity index (χ4v) is 4.47. The lowest BCUT2D eigenvalue weighted by molar-refractivity contribution is -0.120. The highest BCUT2D eigenvalue weighted by Crippen LogP contribution is 2.32. The molecule has 0 unspecified atom stereocenters. The number of anilines is 1. The number of benzene rings is 2. The number of nitrogens with zero attached hydrogens (tertiary/aromatic N) is 1. The Morgan fingerprint density at radius 2 is 1.69 bits per heavy atom. The summed E-state index contributed by atoms with van der Waals surface area (Å²) in [5.41, 5.74) is 0.317. The van der Waals surface area contributed by atoms with Crippen molar-refractivity contribution in [3.05, 3.63) is 42.5 Å². The molecule has 0 saturated carbocycles. The van der Waals surface area contributed by atoms with Crippen LogP contribution in [0.1, 0.15) is 13.8 Å². The highest BCUT2D eigenvalue weighted by atomic mass is 32.2. The third kappa shape index (κ3) is 6.27. The third-order valence-corrected chi connectivity index (χ3v) is 6.26. The standard InChI is InChI=1S/C22H30N2O7S/c1-6-31-18-9-7-17(8-10-18)24(14-22(25)23-16(2)15-28-3)32(26,27)19-11-12-20(29-4)21(13-19)30-5/h7-13,16H,6,14-15H2,1-5H3,(H,23,25)/t16-/m1/s1. The van der Waals surface area contributed by atoms with Crippen molar-refractivity contribution in [3.8, 4) is 17.2 Å². The predicted octanol–water partition coefficient (Wildman–Crippen LogP) is 2.45. The maximum absolute atomic E-state index is 13.6. The van der Waals surface area contributed by atoms with Gasteiger partial charge in [0.15, 0.2) is 11.5 Å². The molecule has 2 aromatic carbocycles. The maximum atomic E-state index is 13.6. The van der Waals surface area contributed by atoms with Crippen LogP contribution >= 0.6 is 0 Å². The molecule has 2 rings (SSSR count). The first kappa shape index (κ1) is 25.3. The van der Waals surface area contributed by atoms with Crippen LogP contribution in [0.25, 0.3) is 0 Å². The van der Waals surface area contributed by atoms with E-state index in [-0.39, 0.29) is 16.7 Å². The zero-order valence-electron chi connectivity index (χ0n) is 19.0. The molecule has 32 heavy (non-hydrogen) atoms. The maximum Gasteiger partial charge on any atom is 0.264 e. The lowest BCUT2D eigenvalue weighted by Crippen LogP contribution is -2.44. The van der Waals surface area contributed by atoms with E-state index < -0.39 is 22.5 Å². The zero-order valence-corrected chi connectivity index (χ0v) is 19.8. The molecular formula is C22H30N2O7S. The molecule has 0 heterocycles. The minimum atomic E-state index is -4.12. The van der Waals surface area contributed by atoms with Gasteiger partial charge in [0.2, 0.25) is 5.91 Å². The number of rotatable bonds is 12. The first-order valence-electron chi connectivity index (χ1n) is 10.0. The minimum Gasteiger partial charge on any atom is -0.494 e. The average Bonchev–Trinajstić information content (AvgIpc) is 2.77. The van der Waals surface area contributed by atoms with Crippen molar-refractivity contribution in [3.63, 3.8) is 0 Å². The van der Waals surface area contributed by atoms with Crippen LogP contribution in [-0.4, -0.2) is 61.5 Å². The molecule has 0 fully saturated rings. The molecule has 0 aliphatic carbocycles. The van der Waals surface area contributed by atoms with Crippen molar-refractivity contribution in [2.45, 2.75) is 24.8 Å². The van der Waals surface area contributed by atoms with E-state index in [2.05, 4.69) is 5.32 Å². The second-order valence-electron chi connectivity index (χ2n) is 6.88. The second kappa shape index (κ2) is 11.6. The van der Waals surface area contributed by atoms with Crippen molar-refractivity contribution in [2.24, 2.45) is 0 Å². The molecule has 1 amide bonds. The van der Waals surface area contributed by atoms with E-state index in [9.17, 15) is 13.2 Å². The van der Waals surface area contributed by atoms with E-state index in [0.29, 0.717) is 30.4 Å². The molecule has 0 aliphatic heterocycles. The summed E-state index contributed by atoms with van der Waals surface area (Å²) in [4.78, 5) is 12.6. The average molecular weight is 467 g/mol. The van der Waals surface area contributed by atoms with Crippen LogP contribution < -0.4 is 23.8 Å². The summed E-state index contributed by atoms with van der Waals surface area (Å²) in [6, 6.07) is 10.5. The summed E-state index contributed by atoms with van der Waals surface area (Å²) in [7, 11) is 0.291. The van der Waals surface area contributed by atoms with Gasteiger partial charge in [-0.15, -0.1) is 0 Å². The minimum absolute atomic E-state index is 0.0400. The Morgan fingerprint density at radius 3 is 2.25 bits per heavy atom. The molecule has 0 radical (unpaired) electrons. The van der Waals surface area contributed by atoms with Crippen molar-refractivity contribution in [1.29, 1.82) is 0 Å². The monoisotopic (exact) mass is 466 g/mol. The van der Waals surface area contributed by atoms with E-state index in [0.717, 1.165) is 4.31 Å². The van der Waals surface area contributed by atoms with Gasteiger partial charge in [0.25, 0.3) is 10.0 Å². The highest BCUT2D eigenvalue weighted by molar-refractivity contribution is 7.92. The van der Waals surface area contributed by atoms with Gasteiger partial charge in [-0.25, -0.2) is 8.42 Å². The number of nitrogens with one attached hydrogen (secondary N) is 1. The summed E-state index contributed by atoms with van der Waals surface area (Å²) in [6.45, 7) is 3.99. The Morgan fingerprint density at radius 1 is 1.03 bits per heavy atom. The normalized spacial score (nSPS) is 12.0. The van der Waals surface area contributed by atoms with Crippen LogP contribution in [0.5, 0.6) is 17.2 Å². The van der Waals surface area contributed by atoms with Crippen LogP contribution in [0.3, 0.4) is 0 Å². The molecule has 0 aromatic heterocycles. The Bertz CT molecular complexity index is 994. The quantitative estimate of drug-likeness (QED) is 0.512. The molecule has 2 aromatic rings. The summed E-state index contributed by atoms with van der Waals surface area (Å²) in [5.74, 6) is 0.786. The number of carbonyl (C=O) groups excluding carboxylic acids is 1. The number of hydrogen-bond donors (Lipinski definition) is 1. The predicted molar refractivity (Wildman–Crippen MR) is 121 cm³/mol. The Balaban J connectivity index is 2.45. The highest BCUT2D eigenvalue weighted by Gasteiger charge is 2.28. The van der Waals surface area contributed by atoms with Gasteiger partial charge in [0.05, 0.1) is 38.0 Å². The number of amides is 1. The number of carbonyl (C=O) groups is 1. The zero-order chi connectivity index (χ0) is 23.7. The van der Waals surface area contributed by atoms with Crippen molar-refractivity contribution < 1.29 is 32.2 Å². The number of ether oxygens (including phenoxy) is 4. The van der Waals surface area contributed by atoms with Crippen LogP contribution in [0.15, 0.2) is 47.4 Å². The molecule has 1 N–H and O–H groups in total. The summed E-state index contributed by atoms with van der Waals surface area (Å²) < 4.78 is 49.0. The fourth-order valence-electron chi connectivity index (χ4n) is 3.04. The molecule has 0 saturated heterocycles. The first-order valence-corrected chi connectivity index (χ1v) is 11.5. The van der Waals surface area contributed by atoms with E-state index in [1.54, 1.807) is 31.2 Å². The topological polar surface area (TPSA) is 103 Å². The summed E-state index contributed by atoms with van der Waals surface area (Å²) >= 11 is 0.